The van der Waals surface area contributed by atoms with Crippen LogP contribution >= 0.6 is 0 Å². The van der Waals surface area contributed by atoms with Gasteiger partial charge < -0.3 is 19.8 Å². The molecule has 0 amide bonds. The molecule has 17 heavy (non-hydrogen) atoms. The third-order valence-electron chi connectivity index (χ3n) is 1.44. The predicted octanol–water partition coefficient (Wildman–Crippen LogP) is -2.46. The summed E-state index contributed by atoms with van der Waals surface area (Å²) in [6.45, 7) is 0. The Kier molecular flexibility index (Phi) is 6.30. The number of carbonyl (C=O) groups excluding carboxylic acids is 2. The first-order valence-corrected chi connectivity index (χ1v) is 4.02. The second-order valence-electron chi connectivity index (χ2n) is 2.52. The van der Waals surface area contributed by atoms with Crippen LogP contribution in [0.3, 0.4) is 0 Å². The van der Waals surface area contributed by atoms with E-state index in [0.717, 1.165) is 0 Å². The van der Waals surface area contributed by atoms with Gasteiger partial charge in [0.05, 0.1) is 23.3 Å². The zero-order valence-electron chi connectivity index (χ0n) is 8.14. The van der Waals surface area contributed by atoms with E-state index < -0.39 is 11.9 Å². The van der Waals surface area contributed by atoms with Crippen LogP contribution in [-0.4, -0.2) is 32.3 Å². The van der Waals surface area contributed by atoms with Crippen LogP contribution in [0.25, 0.3) is 0 Å². The van der Waals surface area contributed by atoms with Gasteiger partial charge >= 0.3 is 17.1 Å². The number of nitrogens with zero attached hydrogens (tertiary/aromatic N) is 2. The Morgan fingerprint density at radius 2 is 1.29 bits per heavy atom. The van der Waals surface area contributed by atoms with E-state index in [4.69, 9.17) is 0 Å². The molecule has 0 bridgehead atoms. The molecule has 2 aromatic rings. The summed E-state index contributed by atoms with van der Waals surface area (Å²) in [7, 11) is 0. The minimum atomic E-state index is -1.23. The molecular formula is C8H6CuN4O4. The van der Waals surface area contributed by atoms with Gasteiger partial charge in [-0.2, -0.15) is 10.2 Å². The molecule has 0 aliphatic heterocycles. The van der Waals surface area contributed by atoms with E-state index in [1.165, 1.54) is 24.5 Å². The fourth-order valence-electron chi connectivity index (χ4n) is 0.739. The molecule has 2 heterocycles. The van der Waals surface area contributed by atoms with Gasteiger partial charge in [0, 0.05) is 12.4 Å². The van der Waals surface area contributed by atoms with Gasteiger partial charge in [0.1, 0.15) is 0 Å². The molecule has 1 radical (unpaired) electrons. The molecule has 0 aliphatic rings. The van der Waals surface area contributed by atoms with Gasteiger partial charge in [0.25, 0.3) is 0 Å². The number of carbonyl (C=O) groups is 2. The molecule has 8 nitrogen and oxygen atoms in total. The Morgan fingerprint density at radius 3 is 1.41 bits per heavy atom. The summed E-state index contributed by atoms with van der Waals surface area (Å²) in [4.78, 5) is 19.8. The molecule has 9 heteroatoms. The minimum absolute atomic E-state index is 0. The van der Waals surface area contributed by atoms with E-state index in [1.54, 1.807) is 0 Å². The van der Waals surface area contributed by atoms with Gasteiger partial charge in [0.2, 0.25) is 0 Å². The smallest absolute Gasteiger partial charge is 0.543 e. The van der Waals surface area contributed by atoms with E-state index in [-0.39, 0.29) is 28.5 Å². The summed E-state index contributed by atoms with van der Waals surface area (Å²) in [5, 5.41) is 31.0. The molecule has 0 aliphatic carbocycles. The normalized spacial score (nSPS) is 8.47. The van der Waals surface area contributed by atoms with E-state index in [1.807, 2.05) is 0 Å². The van der Waals surface area contributed by atoms with Crippen molar-refractivity contribution in [3.05, 3.63) is 35.9 Å². The van der Waals surface area contributed by atoms with Crippen molar-refractivity contribution in [1.82, 2.24) is 20.4 Å². The summed E-state index contributed by atoms with van der Waals surface area (Å²) in [5.74, 6) is -2.47. The Balaban J connectivity index is 0.000000284. The molecule has 93 valence electrons. The van der Waals surface area contributed by atoms with Gasteiger partial charge in [0.15, 0.2) is 0 Å². The topological polar surface area (TPSA) is 138 Å². The molecule has 0 unspecified atom stereocenters. The number of aromatic carboxylic acids is 2. The first-order valence-electron chi connectivity index (χ1n) is 4.02. The number of hydrogen-bond donors (Lipinski definition) is 2. The molecule has 2 aromatic heterocycles. The van der Waals surface area contributed by atoms with Crippen LogP contribution in [0.4, 0.5) is 0 Å². The quantitative estimate of drug-likeness (QED) is 0.587. The summed E-state index contributed by atoms with van der Waals surface area (Å²) in [5.41, 5.74) is 0.00926. The molecule has 0 atom stereocenters. The Hall–Kier alpha value is -2.12. The van der Waals surface area contributed by atoms with Crippen LogP contribution in [0.2, 0.25) is 0 Å². The number of hydrogen-bond acceptors (Lipinski definition) is 6. The summed E-state index contributed by atoms with van der Waals surface area (Å²) in [6.07, 6.45) is 2.70. The van der Waals surface area contributed by atoms with Crippen molar-refractivity contribution in [3.8, 4) is 0 Å². The van der Waals surface area contributed by atoms with Crippen LogP contribution in [-0.2, 0) is 17.1 Å². The average Bonchev–Trinajstić information content (AvgIpc) is 2.93. The van der Waals surface area contributed by atoms with Crippen molar-refractivity contribution >= 4 is 11.9 Å². The second-order valence-corrected chi connectivity index (χ2v) is 2.52. The van der Waals surface area contributed by atoms with Crippen molar-refractivity contribution in [2.45, 2.75) is 0 Å². The number of aromatic nitrogens is 4. The van der Waals surface area contributed by atoms with Crippen molar-refractivity contribution in [2.24, 2.45) is 0 Å². The molecule has 0 spiro atoms. The van der Waals surface area contributed by atoms with E-state index >= 15 is 0 Å². The minimum Gasteiger partial charge on any atom is -0.543 e. The number of nitrogens with one attached hydrogen (secondary N) is 2. The maximum atomic E-state index is 9.88. The monoisotopic (exact) mass is 285 g/mol. The van der Waals surface area contributed by atoms with E-state index in [0.29, 0.717) is 0 Å². The first kappa shape index (κ1) is 14.9. The molecule has 0 saturated carbocycles. The number of aromatic amines is 2. The van der Waals surface area contributed by atoms with Crippen LogP contribution in [0, 0.1) is 0 Å². The van der Waals surface area contributed by atoms with Gasteiger partial charge in [-0.05, 0) is 12.1 Å². The zero-order valence-corrected chi connectivity index (χ0v) is 9.08. The van der Waals surface area contributed by atoms with Crippen LogP contribution in [0.1, 0.15) is 21.0 Å². The standard InChI is InChI=1S/2C4H4N2O2.Cu/c2*7-4(8)3-1-2-5-6-3;/h2*1-2H,(H,5,6)(H,7,8);/q;;+2/p-2. The van der Waals surface area contributed by atoms with Gasteiger partial charge in [-0.1, -0.05) is 0 Å². The van der Waals surface area contributed by atoms with E-state index in [9.17, 15) is 19.8 Å². The molecule has 0 fully saturated rings. The maximum Gasteiger partial charge on any atom is 2.00 e. The second kappa shape index (κ2) is 7.20. The third kappa shape index (κ3) is 4.96. The zero-order chi connectivity index (χ0) is 12.0. The summed E-state index contributed by atoms with van der Waals surface area (Å²) >= 11 is 0. The molecular weight excluding hydrogens is 280 g/mol. The van der Waals surface area contributed by atoms with Crippen LogP contribution < -0.4 is 10.2 Å². The molecule has 0 saturated heterocycles. The van der Waals surface area contributed by atoms with Gasteiger partial charge in [-0.25, -0.2) is 0 Å². The molecule has 2 N–H and O–H groups in total. The Bertz CT molecular complexity index is 410. The van der Waals surface area contributed by atoms with Gasteiger partial charge in [-0.15, -0.1) is 0 Å². The number of H-pyrrole nitrogens is 2. The number of rotatable bonds is 2. The number of carboxylic acids is 2. The fraction of sp³-hybridized carbons (Fsp3) is 0. The third-order valence-corrected chi connectivity index (χ3v) is 1.44. The van der Waals surface area contributed by atoms with Crippen molar-refractivity contribution in [3.63, 3.8) is 0 Å². The van der Waals surface area contributed by atoms with E-state index in [2.05, 4.69) is 20.4 Å². The Labute approximate surface area is 106 Å². The Morgan fingerprint density at radius 1 is 0.941 bits per heavy atom. The van der Waals surface area contributed by atoms with Crippen molar-refractivity contribution in [2.75, 3.05) is 0 Å². The van der Waals surface area contributed by atoms with Crippen LogP contribution in [0.5, 0.6) is 0 Å². The van der Waals surface area contributed by atoms with Crippen molar-refractivity contribution in [1.29, 1.82) is 0 Å². The summed E-state index contributed by atoms with van der Waals surface area (Å²) < 4.78 is 0. The largest absolute Gasteiger partial charge is 2.00 e. The molecule has 0 aromatic carbocycles. The van der Waals surface area contributed by atoms with Gasteiger partial charge in [-0.3, -0.25) is 10.2 Å². The van der Waals surface area contributed by atoms with Crippen molar-refractivity contribution < 1.29 is 36.9 Å². The average molecular weight is 286 g/mol. The van der Waals surface area contributed by atoms with Crippen LogP contribution in [0.15, 0.2) is 24.5 Å². The predicted molar refractivity (Wildman–Crippen MR) is 45.8 cm³/mol. The first-order chi connectivity index (χ1) is 7.61. The summed E-state index contributed by atoms with van der Waals surface area (Å²) in [6, 6.07) is 2.66. The molecule has 2 rings (SSSR count). The number of carboxylic acid groups (broad SMARTS) is 2. The fourth-order valence-corrected chi connectivity index (χ4v) is 0.739. The SMILES string of the molecule is O=C([O-])c1ccn[nH]1.O=C([O-])c1ccn[nH]1.[Cu+2]. The maximum absolute atomic E-state index is 9.88.